The van der Waals surface area contributed by atoms with Crippen molar-refractivity contribution in [2.75, 3.05) is 5.75 Å². The number of benzene rings is 1. The van der Waals surface area contributed by atoms with E-state index in [4.69, 9.17) is 4.42 Å². The lowest BCUT2D eigenvalue weighted by molar-refractivity contribution is -0.139. The number of rotatable bonds is 5. The van der Waals surface area contributed by atoms with E-state index in [-0.39, 0.29) is 0 Å². The number of hydrogen-bond donors (Lipinski definition) is 1. The van der Waals surface area contributed by atoms with Crippen LogP contribution >= 0.6 is 11.8 Å². The van der Waals surface area contributed by atoms with Crippen LogP contribution in [0.5, 0.6) is 0 Å². The fraction of sp³-hybridized carbons (Fsp3) is 0.357. The molecule has 0 radical (unpaired) electrons. The van der Waals surface area contributed by atoms with Crippen LogP contribution in [0.2, 0.25) is 0 Å². The smallest absolute Gasteiger partial charge is 0.324 e. The molecule has 96 valence electrons. The van der Waals surface area contributed by atoms with Crippen molar-refractivity contribution in [1.29, 1.82) is 0 Å². The molecular formula is C14H16O3S. The number of fused-ring (bicyclic) bond motifs is 1. The number of hydrogen-bond acceptors (Lipinski definition) is 3. The summed E-state index contributed by atoms with van der Waals surface area (Å²) in [4.78, 5) is 11.6. The van der Waals surface area contributed by atoms with Crippen molar-refractivity contribution >= 4 is 28.7 Å². The maximum Gasteiger partial charge on any atom is 0.324 e. The van der Waals surface area contributed by atoms with E-state index in [0.29, 0.717) is 0 Å². The molecular weight excluding hydrogens is 248 g/mol. The Kier molecular flexibility index (Phi) is 3.66. The summed E-state index contributed by atoms with van der Waals surface area (Å²) in [6.07, 6.45) is 2.58. The number of thioether (sulfide) groups is 1. The normalized spacial score (nSPS) is 14.6. The summed E-state index contributed by atoms with van der Waals surface area (Å²) in [6.45, 7) is 3.81. The largest absolute Gasteiger partial charge is 0.480 e. The first kappa shape index (κ1) is 13.0. The summed E-state index contributed by atoms with van der Waals surface area (Å²) in [6, 6.07) is 7.42. The molecule has 0 fully saturated rings. The van der Waals surface area contributed by atoms with Crippen LogP contribution in [-0.2, 0) is 9.54 Å². The highest BCUT2D eigenvalue weighted by molar-refractivity contribution is 8.00. The van der Waals surface area contributed by atoms with Crippen LogP contribution in [0.25, 0.3) is 11.0 Å². The first-order valence-corrected chi connectivity index (χ1v) is 6.91. The molecule has 4 heteroatoms. The molecule has 0 amide bonds. The van der Waals surface area contributed by atoms with Crippen LogP contribution in [0.4, 0.5) is 0 Å². The summed E-state index contributed by atoms with van der Waals surface area (Å²) < 4.78 is 4.37. The topological polar surface area (TPSA) is 50.4 Å². The molecule has 0 aliphatic rings. The maximum atomic E-state index is 11.6. The van der Waals surface area contributed by atoms with Gasteiger partial charge < -0.3 is 9.52 Å². The van der Waals surface area contributed by atoms with E-state index in [1.54, 1.807) is 13.2 Å². The first-order valence-electron chi connectivity index (χ1n) is 5.93. The molecule has 3 nitrogen and oxygen atoms in total. The average molecular weight is 264 g/mol. The molecule has 1 heterocycles. The van der Waals surface area contributed by atoms with Crippen LogP contribution in [-0.4, -0.2) is 16.8 Å². The van der Waals surface area contributed by atoms with Gasteiger partial charge in [0.25, 0.3) is 0 Å². The lowest BCUT2D eigenvalue weighted by atomic mass is 9.99. The number of carboxylic acid groups (broad SMARTS) is 1. The van der Waals surface area contributed by atoms with E-state index >= 15 is 0 Å². The van der Waals surface area contributed by atoms with Gasteiger partial charge >= 0.3 is 5.97 Å². The molecule has 1 atom stereocenters. The minimum atomic E-state index is -0.901. The van der Waals surface area contributed by atoms with Crippen molar-refractivity contribution in [2.45, 2.75) is 25.0 Å². The van der Waals surface area contributed by atoms with Crippen LogP contribution in [0.1, 0.15) is 25.8 Å². The molecule has 0 aliphatic carbocycles. The Bertz CT molecular complexity index is 561. The monoisotopic (exact) mass is 264 g/mol. The minimum Gasteiger partial charge on any atom is -0.480 e. The molecule has 1 N–H and O–H groups in total. The Balaban J connectivity index is 2.43. The Morgan fingerprint density at radius 1 is 1.44 bits per heavy atom. The Morgan fingerprint density at radius 3 is 2.89 bits per heavy atom. The Morgan fingerprint density at radius 2 is 2.22 bits per heavy atom. The van der Waals surface area contributed by atoms with Gasteiger partial charge in [-0.15, -0.1) is 11.8 Å². The second-order valence-electron chi connectivity index (χ2n) is 4.36. The second kappa shape index (κ2) is 5.06. The second-order valence-corrected chi connectivity index (χ2v) is 5.87. The van der Waals surface area contributed by atoms with Gasteiger partial charge in [0.1, 0.15) is 10.3 Å². The highest BCUT2D eigenvalue weighted by Crippen LogP contribution is 2.38. The lowest BCUT2D eigenvalue weighted by Crippen LogP contribution is -2.29. The van der Waals surface area contributed by atoms with E-state index < -0.39 is 10.7 Å². The van der Waals surface area contributed by atoms with Crippen molar-refractivity contribution in [3.63, 3.8) is 0 Å². The molecule has 2 aromatic rings. The number of carboxylic acids is 1. The molecule has 0 aliphatic heterocycles. The predicted octanol–water partition coefficient (Wildman–Crippen LogP) is 3.88. The molecule has 1 unspecified atom stereocenters. The predicted molar refractivity (Wildman–Crippen MR) is 74.0 cm³/mol. The van der Waals surface area contributed by atoms with Gasteiger partial charge in [-0.25, -0.2) is 0 Å². The molecule has 0 spiro atoms. The lowest BCUT2D eigenvalue weighted by Gasteiger charge is -2.24. The van der Waals surface area contributed by atoms with Crippen molar-refractivity contribution in [3.8, 4) is 0 Å². The van der Waals surface area contributed by atoms with Gasteiger partial charge in [-0.05, 0) is 42.9 Å². The maximum absolute atomic E-state index is 11.6. The molecule has 0 bridgehead atoms. The fourth-order valence-electron chi connectivity index (χ4n) is 1.84. The molecule has 0 saturated carbocycles. The summed E-state index contributed by atoms with van der Waals surface area (Å²) in [5, 5.41) is 10.4. The third kappa shape index (κ3) is 2.25. The zero-order chi connectivity index (χ0) is 13.2. The van der Waals surface area contributed by atoms with Gasteiger partial charge in [0.15, 0.2) is 0 Å². The number of aliphatic carboxylic acids is 1. The highest BCUT2D eigenvalue weighted by Gasteiger charge is 2.35. The van der Waals surface area contributed by atoms with Gasteiger partial charge in [0.2, 0.25) is 0 Å². The molecule has 1 aromatic carbocycles. The number of furan rings is 1. The van der Waals surface area contributed by atoms with Crippen molar-refractivity contribution in [2.24, 2.45) is 0 Å². The van der Waals surface area contributed by atoms with Crippen LogP contribution < -0.4 is 0 Å². The molecule has 2 rings (SSSR count). The third-order valence-corrected chi connectivity index (χ3v) is 4.61. The van der Waals surface area contributed by atoms with Crippen LogP contribution in [0.3, 0.4) is 0 Å². The van der Waals surface area contributed by atoms with E-state index in [1.165, 1.54) is 11.8 Å². The van der Waals surface area contributed by atoms with Gasteiger partial charge in [-0.3, -0.25) is 4.79 Å². The van der Waals surface area contributed by atoms with Gasteiger partial charge in [-0.2, -0.15) is 0 Å². The van der Waals surface area contributed by atoms with E-state index in [2.05, 4.69) is 6.92 Å². The Hall–Kier alpha value is -1.42. The summed E-state index contributed by atoms with van der Waals surface area (Å²) in [5.41, 5.74) is 1.59. The molecule has 1 aromatic heterocycles. The van der Waals surface area contributed by atoms with Crippen molar-refractivity contribution < 1.29 is 14.3 Å². The quantitative estimate of drug-likeness (QED) is 0.890. The minimum absolute atomic E-state index is 0.784. The standard InChI is InChI=1S/C14H16O3S/c1-3-8-18-14(2,13(15)16)11-4-5-12-10(9-11)6-7-17-12/h4-7,9H,3,8H2,1-2H3,(H,15,16). The number of carbonyl (C=O) groups is 1. The van der Waals surface area contributed by atoms with Crippen LogP contribution in [0, 0.1) is 0 Å². The summed E-state index contributed by atoms with van der Waals surface area (Å²) >= 11 is 1.47. The van der Waals surface area contributed by atoms with E-state index in [1.807, 2.05) is 24.3 Å². The Labute approximate surface area is 110 Å². The summed E-state index contributed by atoms with van der Waals surface area (Å²) in [7, 11) is 0. The summed E-state index contributed by atoms with van der Waals surface area (Å²) in [5.74, 6) is 0.0236. The van der Waals surface area contributed by atoms with E-state index in [9.17, 15) is 9.90 Å². The highest BCUT2D eigenvalue weighted by atomic mass is 32.2. The zero-order valence-corrected chi connectivity index (χ0v) is 11.3. The van der Waals surface area contributed by atoms with Crippen molar-refractivity contribution in [3.05, 3.63) is 36.1 Å². The third-order valence-electron chi connectivity index (χ3n) is 3.01. The average Bonchev–Trinajstić information content (AvgIpc) is 2.82. The van der Waals surface area contributed by atoms with Gasteiger partial charge in [-0.1, -0.05) is 13.0 Å². The SMILES string of the molecule is CCCSC(C)(C(=O)O)c1ccc2occc2c1. The molecule has 0 saturated heterocycles. The van der Waals surface area contributed by atoms with Crippen molar-refractivity contribution in [1.82, 2.24) is 0 Å². The van der Waals surface area contributed by atoms with Gasteiger partial charge in [0.05, 0.1) is 6.26 Å². The van der Waals surface area contributed by atoms with Gasteiger partial charge in [0, 0.05) is 5.39 Å². The van der Waals surface area contributed by atoms with Crippen LogP contribution in [0.15, 0.2) is 34.9 Å². The first-order chi connectivity index (χ1) is 8.58. The zero-order valence-electron chi connectivity index (χ0n) is 10.5. The van der Waals surface area contributed by atoms with E-state index in [0.717, 1.165) is 28.7 Å². The fourth-order valence-corrected chi connectivity index (χ4v) is 2.87. The molecule has 18 heavy (non-hydrogen) atoms.